The molecular weight excluding hydrogens is 337 g/mol. The number of ether oxygens (including phenoxy) is 1. The molecule has 2 rings (SSSR count). The van der Waals surface area contributed by atoms with E-state index in [4.69, 9.17) is 4.74 Å². The van der Waals surface area contributed by atoms with E-state index in [2.05, 4.69) is 21.2 Å². The van der Waals surface area contributed by atoms with E-state index in [0.717, 1.165) is 11.3 Å². The van der Waals surface area contributed by atoms with Gasteiger partial charge in [-0.2, -0.15) is 0 Å². The van der Waals surface area contributed by atoms with Crippen LogP contribution in [0.4, 0.5) is 4.39 Å². The average Bonchev–Trinajstić information content (AvgIpc) is 2.50. The quantitative estimate of drug-likeness (QED) is 0.894. The van der Waals surface area contributed by atoms with Crippen molar-refractivity contribution in [2.45, 2.75) is 6.42 Å². The summed E-state index contributed by atoms with van der Waals surface area (Å²) in [5.74, 6) is 0.0693. The van der Waals surface area contributed by atoms with E-state index in [9.17, 15) is 9.18 Å². The molecule has 0 spiro atoms. The van der Waals surface area contributed by atoms with Crippen LogP contribution in [0, 0.1) is 5.82 Å². The molecular formula is C16H15BrFNO2. The Hall–Kier alpha value is -1.88. The molecule has 0 unspecified atom stereocenters. The Morgan fingerprint density at radius 2 is 1.95 bits per heavy atom. The summed E-state index contributed by atoms with van der Waals surface area (Å²) in [5, 5.41) is 2.78. The zero-order chi connectivity index (χ0) is 15.2. The summed E-state index contributed by atoms with van der Waals surface area (Å²) >= 11 is 3.24. The fraction of sp³-hybridized carbons (Fsp3) is 0.188. The van der Waals surface area contributed by atoms with Crippen molar-refractivity contribution < 1.29 is 13.9 Å². The predicted octanol–water partition coefficient (Wildman–Crippen LogP) is 3.57. The molecule has 110 valence electrons. The van der Waals surface area contributed by atoms with Crippen molar-refractivity contribution in [2.75, 3.05) is 13.7 Å². The number of carbonyl (C=O) groups is 1. The maximum Gasteiger partial charge on any atom is 0.252 e. The first-order valence-corrected chi connectivity index (χ1v) is 7.25. The Labute approximate surface area is 131 Å². The van der Waals surface area contributed by atoms with Crippen molar-refractivity contribution in [3.8, 4) is 5.75 Å². The molecule has 0 saturated carbocycles. The van der Waals surface area contributed by atoms with Gasteiger partial charge in [-0.15, -0.1) is 0 Å². The van der Waals surface area contributed by atoms with Crippen molar-refractivity contribution in [3.05, 3.63) is 63.9 Å². The molecule has 0 aromatic heterocycles. The zero-order valence-electron chi connectivity index (χ0n) is 11.5. The second-order valence-electron chi connectivity index (χ2n) is 4.48. The molecule has 1 amide bonds. The van der Waals surface area contributed by atoms with E-state index in [0.29, 0.717) is 23.0 Å². The highest BCUT2D eigenvalue weighted by Crippen LogP contribution is 2.17. The van der Waals surface area contributed by atoms with Crippen LogP contribution in [-0.4, -0.2) is 19.6 Å². The van der Waals surface area contributed by atoms with Gasteiger partial charge < -0.3 is 10.1 Å². The van der Waals surface area contributed by atoms with Gasteiger partial charge in [0.25, 0.3) is 5.91 Å². The van der Waals surface area contributed by atoms with Crippen LogP contribution in [-0.2, 0) is 6.42 Å². The van der Waals surface area contributed by atoms with Gasteiger partial charge in [0.05, 0.1) is 12.7 Å². The maximum absolute atomic E-state index is 13.2. The summed E-state index contributed by atoms with van der Waals surface area (Å²) in [6, 6.07) is 11.7. The number of carbonyl (C=O) groups excluding carboxylic acids is 1. The Kier molecular flexibility index (Phi) is 5.33. The van der Waals surface area contributed by atoms with Gasteiger partial charge in [0, 0.05) is 11.0 Å². The Bertz CT molecular complexity index is 629. The highest BCUT2D eigenvalue weighted by Gasteiger charge is 2.10. The number of methoxy groups -OCH3 is 1. The summed E-state index contributed by atoms with van der Waals surface area (Å²) in [4.78, 5) is 12.0. The van der Waals surface area contributed by atoms with Gasteiger partial charge in [-0.25, -0.2) is 4.39 Å². The Balaban J connectivity index is 1.90. The van der Waals surface area contributed by atoms with Crippen LogP contribution in [0.2, 0.25) is 0 Å². The number of hydrogen-bond donors (Lipinski definition) is 1. The van der Waals surface area contributed by atoms with Crippen molar-refractivity contribution in [3.63, 3.8) is 0 Å². The van der Waals surface area contributed by atoms with Crippen LogP contribution in [0.5, 0.6) is 5.75 Å². The van der Waals surface area contributed by atoms with Gasteiger partial charge in [0.2, 0.25) is 0 Å². The van der Waals surface area contributed by atoms with Gasteiger partial charge in [-0.3, -0.25) is 4.79 Å². The molecule has 2 aromatic rings. The van der Waals surface area contributed by atoms with Crippen molar-refractivity contribution >= 4 is 21.8 Å². The van der Waals surface area contributed by atoms with E-state index in [1.165, 1.54) is 18.2 Å². The van der Waals surface area contributed by atoms with Gasteiger partial charge in [-0.05, 0) is 58.2 Å². The minimum absolute atomic E-state index is 0.296. The third kappa shape index (κ3) is 4.29. The van der Waals surface area contributed by atoms with Gasteiger partial charge in [0.1, 0.15) is 11.6 Å². The van der Waals surface area contributed by atoms with Crippen molar-refractivity contribution in [1.82, 2.24) is 5.32 Å². The minimum atomic E-state index is -0.432. The fourth-order valence-corrected chi connectivity index (χ4v) is 2.31. The summed E-state index contributed by atoms with van der Waals surface area (Å²) in [5.41, 5.74) is 1.39. The molecule has 0 fully saturated rings. The topological polar surface area (TPSA) is 38.3 Å². The van der Waals surface area contributed by atoms with Gasteiger partial charge in [0.15, 0.2) is 0 Å². The third-order valence-electron chi connectivity index (χ3n) is 3.03. The first-order valence-electron chi connectivity index (χ1n) is 6.46. The van der Waals surface area contributed by atoms with Crippen molar-refractivity contribution in [2.24, 2.45) is 0 Å². The highest BCUT2D eigenvalue weighted by atomic mass is 79.9. The first-order chi connectivity index (χ1) is 10.1. The molecule has 3 nitrogen and oxygen atoms in total. The molecule has 0 saturated heterocycles. The van der Waals surface area contributed by atoms with Gasteiger partial charge in [-0.1, -0.05) is 12.1 Å². The second kappa shape index (κ2) is 7.22. The first kappa shape index (κ1) is 15.5. The normalized spacial score (nSPS) is 10.2. The lowest BCUT2D eigenvalue weighted by molar-refractivity contribution is 0.0953. The maximum atomic E-state index is 13.2. The minimum Gasteiger partial charge on any atom is -0.497 e. The van der Waals surface area contributed by atoms with E-state index < -0.39 is 5.82 Å². The van der Waals surface area contributed by atoms with E-state index in [1.807, 2.05) is 24.3 Å². The summed E-state index contributed by atoms with van der Waals surface area (Å²) in [6.07, 6.45) is 0.697. The molecule has 0 radical (unpaired) electrons. The number of rotatable bonds is 5. The molecule has 21 heavy (non-hydrogen) atoms. The lowest BCUT2D eigenvalue weighted by atomic mass is 10.1. The van der Waals surface area contributed by atoms with Crippen LogP contribution < -0.4 is 10.1 Å². The standard InChI is InChI=1S/C16H15BrFNO2/c1-21-13-5-2-11(3-6-13)8-9-19-16(20)14-10-12(18)4-7-15(14)17/h2-7,10H,8-9H2,1H3,(H,19,20). The summed E-state index contributed by atoms with van der Waals surface area (Å²) in [6.45, 7) is 0.480. The molecule has 0 aliphatic carbocycles. The average molecular weight is 352 g/mol. The van der Waals surface area contributed by atoms with Crippen LogP contribution in [0.15, 0.2) is 46.9 Å². The monoisotopic (exact) mass is 351 g/mol. The number of halogens is 2. The molecule has 5 heteroatoms. The molecule has 0 bridgehead atoms. The zero-order valence-corrected chi connectivity index (χ0v) is 13.1. The van der Waals surface area contributed by atoms with E-state index in [-0.39, 0.29) is 5.91 Å². The molecule has 0 heterocycles. The van der Waals surface area contributed by atoms with Crippen molar-refractivity contribution in [1.29, 1.82) is 0 Å². The molecule has 0 atom stereocenters. The largest absolute Gasteiger partial charge is 0.497 e. The number of benzene rings is 2. The number of amides is 1. The number of hydrogen-bond acceptors (Lipinski definition) is 2. The second-order valence-corrected chi connectivity index (χ2v) is 5.33. The smallest absolute Gasteiger partial charge is 0.252 e. The Morgan fingerprint density at radius 3 is 2.62 bits per heavy atom. The fourth-order valence-electron chi connectivity index (χ4n) is 1.88. The lowest BCUT2D eigenvalue weighted by Gasteiger charge is -2.07. The lowest BCUT2D eigenvalue weighted by Crippen LogP contribution is -2.26. The van der Waals surface area contributed by atoms with Crippen LogP contribution in [0.3, 0.4) is 0 Å². The predicted molar refractivity (Wildman–Crippen MR) is 83.1 cm³/mol. The van der Waals surface area contributed by atoms with E-state index >= 15 is 0 Å². The SMILES string of the molecule is COc1ccc(CCNC(=O)c2cc(F)ccc2Br)cc1. The molecule has 0 aliphatic rings. The van der Waals surface area contributed by atoms with E-state index in [1.54, 1.807) is 7.11 Å². The van der Waals surface area contributed by atoms with Crippen LogP contribution in [0.1, 0.15) is 15.9 Å². The summed E-state index contributed by atoms with van der Waals surface area (Å²) in [7, 11) is 1.62. The van der Waals surface area contributed by atoms with Crippen LogP contribution in [0.25, 0.3) is 0 Å². The highest BCUT2D eigenvalue weighted by molar-refractivity contribution is 9.10. The third-order valence-corrected chi connectivity index (χ3v) is 3.72. The molecule has 1 N–H and O–H groups in total. The molecule has 0 aliphatic heterocycles. The Morgan fingerprint density at radius 1 is 1.24 bits per heavy atom. The molecule has 2 aromatic carbocycles. The number of nitrogens with one attached hydrogen (secondary N) is 1. The van der Waals surface area contributed by atoms with Gasteiger partial charge >= 0.3 is 0 Å². The summed E-state index contributed by atoms with van der Waals surface area (Å²) < 4.78 is 18.8. The van der Waals surface area contributed by atoms with Crippen LogP contribution >= 0.6 is 15.9 Å².